The lowest BCUT2D eigenvalue weighted by Crippen LogP contribution is -2.26. The van der Waals surface area contributed by atoms with Gasteiger partial charge in [0.25, 0.3) is 0 Å². The highest BCUT2D eigenvalue weighted by atomic mass is 15.3. The predicted molar refractivity (Wildman–Crippen MR) is 84.7 cm³/mol. The normalized spacial score (nSPS) is 12.5. The van der Waals surface area contributed by atoms with Crippen LogP contribution in [0.2, 0.25) is 0 Å². The molecular formula is C17H25N3. The fourth-order valence-electron chi connectivity index (χ4n) is 2.32. The Morgan fingerprint density at radius 2 is 2.00 bits per heavy atom. The van der Waals surface area contributed by atoms with Crippen molar-refractivity contribution in [1.29, 1.82) is 0 Å². The summed E-state index contributed by atoms with van der Waals surface area (Å²) >= 11 is 0. The van der Waals surface area contributed by atoms with Gasteiger partial charge < -0.3 is 5.32 Å². The van der Waals surface area contributed by atoms with E-state index in [1.165, 1.54) is 24.0 Å². The number of nitrogens with zero attached hydrogens (tertiary/aromatic N) is 2. The molecule has 0 spiro atoms. The minimum Gasteiger partial charge on any atom is -0.314 e. The van der Waals surface area contributed by atoms with Crippen LogP contribution in [0.5, 0.6) is 0 Å². The molecule has 1 unspecified atom stereocenters. The molecule has 0 aliphatic heterocycles. The van der Waals surface area contributed by atoms with Crippen LogP contribution < -0.4 is 5.32 Å². The first-order valence-electron chi connectivity index (χ1n) is 7.61. The van der Waals surface area contributed by atoms with Crippen molar-refractivity contribution >= 4 is 0 Å². The molecule has 3 heteroatoms. The van der Waals surface area contributed by atoms with Crippen molar-refractivity contribution < 1.29 is 0 Å². The van der Waals surface area contributed by atoms with Crippen molar-refractivity contribution in [1.82, 2.24) is 15.1 Å². The average Bonchev–Trinajstić information content (AvgIpc) is 2.95. The van der Waals surface area contributed by atoms with Crippen molar-refractivity contribution in [3.8, 4) is 11.1 Å². The lowest BCUT2D eigenvalue weighted by molar-refractivity contribution is 0.463. The van der Waals surface area contributed by atoms with Gasteiger partial charge in [-0.05, 0) is 38.3 Å². The van der Waals surface area contributed by atoms with Crippen molar-refractivity contribution in [2.24, 2.45) is 0 Å². The summed E-state index contributed by atoms with van der Waals surface area (Å²) < 4.78 is 2.05. The highest BCUT2D eigenvalue weighted by molar-refractivity contribution is 5.61. The summed E-state index contributed by atoms with van der Waals surface area (Å²) in [6, 6.07) is 11.0. The van der Waals surface area contributed by atoms with Gasteiger partial charge in [0.1, 0.15) is 0 Å². The molecule has 0 saturated carbocycles. The third kappa shape index (κ3) is 4.49. The van der Waals surface area contributed by atoms with Crippen LogP contribution in [-0.4, -0.2) is 22.4 Å². The molecule has 108 valence electrons. The molecule has 1 heterocycles. The molecule has 0 aliphatic rings. The van der Waals surface area contributed by atoms with Gasteiger partial charge >= 0.3 is 0 Å². The maximum Gasteiger partial charge on any atom is 0.0568 e. The van der Waals surface area contributed by atoms with E-state index in [-0.39, 0.29) is 0 Å². The molecule has 1 atom stereocenters. The summed E-state index contributed by atoms with van der Waals surface area (Å²) in [7, 11) is 0. The van der Waals surface area contributed by atoms with E-state index in [0.29, 0.717) is 6.04 Å². The summed E-state index contributed by atoms with van der Waals surface area (Å²) in [5, 5.41) is 7.97. The Morgan fingerprint density at radius 1 is 1.20 bits per heavy atom. The minimum absolute atomic E-state index is 0.596. The lowest BCUT2D eigenvalue weighted by atomic mass is 10.1. The van der Waals surface area contributed by atoms with Crippen LogP contribution in [0, 0.1) is 0 Å². The topological polar surface area (TPSA) is 29.9 Å². The molecule has 1 aromatic carbocycles. The van der Waals surface area contributed by atoms with Crippen LogP contribution in [0.1, 0.15) is 33.1 Å². The van der Waals surface area contributed by atoms with Gasteiger partial charge in [0.2, 0.25) is 0 Å². The van der Waals surface area contributed by atoms with Crippen molar-refractivity contribution in [2.45, 2.75) is 45.7 Å². The molecule has 2 aromatic rings. The van der Waals surface area contributed by atoms with Gasteiger partial charge in [-0.1, -0.05) is 37.3 Å². The Kier molecular flexibility index (Phi) is 5.81. The first-order chi connectivity index (χ1) is 9.79. The number of aryl methyl sites for hydroxylation is 1. The van der Waals surface area contributed by atoms with E-state index in [1.54, 1.807) is 0 Å². The zero-order valence-electron chi connectivity index (χ0n) is 12.5. The molecule has 2 rings (SSSR count). The number of hydrogen-bond donors (Lipinski definition) is 1. The molecular weight excluding hydrogens is 246 g/mol. The number of rotatable bonds is 8. The Bertz CT molecular complexity index is 490. The molecule has 0 radical (unpaired) electrons. The smallest absolute Gasteiger partial charge is 0.0568 e. The molecule has 20 heavy (non-hydrogen) atoms. The van der Waals surface area contributed by atoms with Crippen LogP contribution in [0.4, 0.5) is 0 Å². The highest BCUT2D eigenvalue weighted by Gasteiger charge is 2.03. The number of nitrogens with one attached hydrogen (secondary N) is 1. The number of hydrogen-bond acceptors (Lipinski definition) is 2. The summed E-state index contributed by atoms with van der Waals surface area (Å²) in [4.78, 5) is 0. The van der Waals surface area contributed by atoms with E-state index in [1.807, 2.05) is 12.3 Å². The second-order valence-electron chi connectivity index (χ2n) is 5.36. The van der Waals surface area contributed by atoms with Crippen molar-refractivity contribution in [3.05, 3.63) is 42.7 Å². The summed E-state index contributed by atoms with van der Waals surface area (Å²) in [5.41, 5.74) is 2.43. The average molecular weight is 271 g/mol. The first kappa shape index (κ1) is 14.8. The Balaban J connectivity index is 1.79. The second kappa shape index (κ2) is 7.85. The number of benzene rings is 1. The fourth-order valence-corrected chi connectivity index (χ4v) is 2.32. The maximum atomic E-state index is 4.45. The van der Waals surface area contributed by atoms with Gasteiger partial charge in [0.15, 0.2) is 0 Å². The van der Waals surface area contributed by atoms with Gasteiger partial charge in [-0.2, -0.15) is 5.10 Å². The number of aromatic nitrogens is 2. The molecule has 0 bridgehead atoms. The summed E-state index contributed by atoms with van der Waals surface area (Å²) in [6.07, 6.45) is 7.64. The third-order valence-electron chi connectivity index (χ3n) is 3.51. The van der Waals surface area contributed by atoms with E-state index in [9.17, 15) is 0 Å². The summed E-state index contributed by atoms with van der Waals surface area (Å²) in [6.45, 7) is 6.56. The molecule has 0 saturated heterocycles. The van der Waals surface area contributed by atoms with Crippen molar-refractivity contribution in [3.63, 3.8) is 0 Å². The lowest BCUT2D eigenvalue weighted by Gasteiger charge is -2.12. The maximum absolute atomic E-state index is 4.45. The fraction of sp³-hybridized carbons (Fsp3) is 0.471. The Hall–Kier alpha value is -1.61. The van der Waals surface area contributed by atoms with Crippen molar-refractivity contribution in [2.75, 3.05) is 6.54 Å². The predicted octanol–water partition coefficient (Wildman–Crippen LogP) is 3.72. The van der Waals surface area contributed by atoms with E-state index >= 15 is 0 Å². The summed E-state index contributed by atoms with van der Waals surface area (Å²) in [5.74, 6) is 0. The van der Waals surface area contributed by atoms with E-state index in [4.69, 9.17) is 0 Å². The molecule has 1 N–H and O–H groups in total. The van der Waals surface area contributed by atoms with E-state index in [2.05, 4.69) is 59.4 Å². The molecule has 1 aromatic heterocycles. The van der Waals surface area contributed by atoms with Crippen LogP contribution in [-0.2, 0) is 6.54 Å². The quantitative estimate of drug-likeness (QED) is 0.793. The van der Waals surface area contributed by atoms with E-state index < -0.39 is 0 Å². The highest BCUT2D eigenvalue weighted by Crippen LogP contribution is 2.17. The minimum atomic E-state index is 0.596. The monoisotopic (exact) mass is 271 g/mol. The van der Waals surface area contributed by atoms with Gasteiger partial charge in [-0.3, -0.25) is 4.68 Å². The first-order valence-corrected chi connectivity index (χ1v) is 7.61. The van der Waals surface area contributed by atoms with Crippen LogP contribution in [0.25, 0.3) is 11.1 Å². The van der Waals surface area contributed by atoms with Gasteiger partial charge in [0, 0.05) is 24.3 Å². The Labute approximate surface area is 122 Å². The zero-order valence-corrected chi connectivity index (χ0v) is 12.5. The third-order valence-corrected chi connectivity index (χ3v) is 3.51. The van der Waals surface area contributed by atoms with Gasteiger partial charge in [0.05, 0.1) is 6.20 Å². The standard InChI is InChI=1S/C17H25N3/c1-3-11-18-15(2)8-7-12-20-14-17(13-19-20)16-9-5-4-6-10-16/h4-6,9-10,13-15,18H,3,7-8,11-12H2,1-2H3. The van der Waals surface area contributed by atoms with Crippen LogP contribution in [0.3, 0.4) is 0 Å². The molecule has 3 nitrogen and oxygen atoms in total. The van der Waals surface area contributed by atoms with Gasteiger partial charge in [-0.25, -0.2) is 0 Å². The molecule has 0 amide bonds. The van der Waals surface area contributed by atoms with Crippen LogP contribution >= 0.6 is 0 Å². The van der Waals surface area contributed by atoms with E-state index in [0.717, 1.165) is 19.5 Å². The second-order valence-corrected chi connectivity index (χ2v) is 5.36. The molecule has 0 aliphatic carbocycles. The largest absolute Gasteiger partial charge is 0.314 e. The zero-order chi connectivity index (χ0) is 14.2. The SMILES string of the molecule is CCCNC(C)CCCn1cc(-c2ccccc2)cn1. The van der Waals surface area contributed by atoms with Crippen LogP contribution in [0.15, 0.2) is 42.7 Å². The molecule has 0 fully saturated rings. The van der Waals surface area contributed by atoms with Gasteiger partial charge in [-0.15, -0.1) is 0 Å². The Morgan fingerprint density at radius 3 is 2.75 bits per heavy atom.